The summed E-state index contributed by atoms with van der Waals surface area (Å²) in [6.45, 7) is 1.16. The standard InChI is InChI=1S/C27H29N8O5PS2/c1-41(38,39-10-20(2-6-36)34-16-32-24-22(18-4-8-42-12-18)28-14-30-26(24)34)40-11-21(3-7-37)35-17-33-25-23(19-5-9-43-13-19)29-15-31-27(25)35/h4-5,8-9,12-17,20-21,36-37H,2-3,6-7,10-11H2,1H3. The molecule has 2 unspecified atom stereocenters. The van der Waals surface area contributed by atoms with E-state index in [0.29, 0.717) is 46.6 Å². The second-order valence-electron chi connectivity index (χ2n) is 9.81. The van der Waals surface area contributed by atoms with Gasteiger partial charge in [0.05, 0.1) is 38.0 Å². The number of aliphatic hydroxyl groups is 2. The van der Waals surface area contributed by atoms with E-state index in [1.165, 1.54) is 19.3 Å². The van der Waals surface area contributed by atoms with E-state index >= 15 is 0 Å². The molecule has 0 fully saturated rings. The van der Waals surface area contributed by atoms with Gasteiger partial charge in [-0.2, -0.15) is 22.7 Å². The monoisotopic (exact) mass is 640 g/mol. The molecule has 6 aromatic rings. The second kappa shape index (κ2) is 13.1. The molecule has 2 N–H and O–H groups in total. The van der Waals surface area contributed by atoms with Crippen molar-refractivity contribution < 1.29 is 23.8 Å². The van der Waals surface area contributed by atoms with Crippen LogP contribution in [0, 0.1) is 0 Å². The van der Waals surface area contributed by atoms with Crippen LogP contribution in [0.5, 0.6) is 0 Å². The lowest BCUT2D eigenvalue weighted by atomic mass is 10.2. The predicted octanol–water partition coefficient (Wildman–Crippen LogP) is 4.83. The lowest BCUT2D eigenvalue weighted by molar-refractivity contribution is 0.146. The first kappa shape index (κ1) is 29.6. The van der Waals surface area contributed by atoms with E-state index in [4.69, 9.17) is 9.05 Å². The molecule has 6 heterocycles. The molecule has 13 nitrogen and oxygen atoms in total. The normalized spacial score (nSPS) is 14.8. The van der Waals surface area contributed by atoms with Gasteiger partial charge in [0.25, 0.3) is 0 Å². The van der Waals surface area contributed by atoms with Crippen LogP contribution in [0.1, 0.15) is 24.9 Å². The van der Waals surface area contributed by atoms with Crippen molar-refractivity contribution >= 4 is 52.6 Å². The molecule has 0 bridgehead atoms. The van der Waals surface area contributed by atoms with Crippen LogP contribution < -0.4 is 0 Å². The minimum absolute atomic E-state index is 0.00646. The highest BCUT2D eigenvalue weighted by atomic mass is 32.1. The predicted molar refractivity (Wildman–Crippen MR) is 164 cm³/mol. The molecule has 0 spiro atoms. The van der Waals surface area contributed by atoms with E-state index in [9.17, 15) is 14.8 Å². The van der Waals surface area contributed by atoms with Crippen LogP contribution in [-0.2, 0) is 13.6 Å². The molecular weight excluding hydrogens is 611 g/mol. The van der Waals surface area contributed by atoms with Crippen molar-refractivity contribution in [2.45, 2.75) is 24.9 Å². The Balaban J connectivity index is 1.17. The average Bonchev–Trinajstić information content (AvgIpc) is 3.84. The summed E-state index contributed by atoms with van der Waals surface area (Å²) in [6.07, 6.45) is 6.87. The minimum atomic E-state index is -3.56. The summed E-state index contributed by atoms with van der Waals surface area (Å²) in [6, 6.07) is 3.12. The van der Waals surface area contributed by atoms with Crippen LogP contribution >= 0.6 is 30.3 Å². The number of imidazole rings is 2. The summed E-state index contributed by atoms with van der Waals surface area (Å²) in [7, 11) is -3.56. The number of nitrogens with zero attached hydrogens (tertiary/aromatic N) is 8. The number of thiophene rings is 2. The number of fused-ring (bicyclic) bond motifs is 2. The molecule has 0 amide bonds. The Labute approximate surface area is 254 Å². The molecular formula is C27H29N8O5PS2. The Bertz CT molecular complexity index is 1710. The van der Waals surface area contributed by atoms with Crippen molar-refractivity contribution in [2.24, 2.45) is 0 Å². The summed E-state index contributed by atoms with van der Waals surface area (Å²) < 4.78 is 28.7. The van der Waals surface area contributed by atoms with Crippen LogP contribution in [0.2, 0.25) is 0 Å². The van der Waals surface area contributed by atoms with Crippen LogP contribution in [-0.4, -0.2) is 82.3 Å². The number of aliphatic hydroxyl groups excluding tert-OH is 2. The lowest BCUT2D eigenvalue weighted by Crippen LogP contribution is -2.19. The number of hydrogen-bond donors (Lipinski definition) is 2. The van der Waals surface area contributed by atoms with E-state index in [1.54, 1.807) is 44.5 Å². The van der Waals surface area contributed by atoms with Crippen molar-refractivity contribution in [1.29, 1.82) is 0 Å². The molecule has 0 saturated carbocycles. The maximum atomic E-state index is 13.4. The Morgan fingerprint density at radius 3 is 1.63 bits per heavy atom. The number of hydrogen-bond acceptors (Lipinski definition) is 13. The largest absolute Gasteiger partial charge is 0.396 e. The fraction of sp³-hybridized carbons (Fsp3) is 0.333. The molecule has 43 heavy (non-hydrogen) atoms. The number of aromatic nitrogens is 8. The maximum Gasteiger partial charge on any atom is 0.327 e. The molecule has 0 aliphatic rings. The van der Waals surface area contributed by atoms with Gasteiger partial charge in [0.1, 0.15) is 35.1 Å². The van der Waals surface area contributed by atoms with Crippen LogP contribution in [0.25, 0.3) is 44.8 Å². The van der Waals surface area contributed by atoms with Crippen molar-refractivity contribution in [3.63, 3.8) is 0 Å². The Hall–Kier alpha value is -3.43. The Morgan fingerprint density at radius 2 is 1.23 bits per heavy atom. The third-order valence-corrected chi connectivity index (χ3v) is 9.62. The van der Waals surface area contributed by atoms with E-state index in [1.807, 2.05) is 33.7 Å². The Morgan fingerprint density at radius 1 is 0.767 bits per heavy atom. The molecule has 2 atom stereocenters. The molecule has 0 aromatic carbocycles. The van der Waals surface area contributed by atoms with Gasteiger partial charge in [-0.25, -0.2) is 29.9 Å². The highest BCUT2D eigenvalue weighted by molar-refractivity contribution is 7.52. The van der Waals surface area contributed by atoms with Gasteiger partial charge in [0.15, 0.2) is 11.3 Å². The van der Waals surface area contributed by atoms with Gasteiger partial charge >= 0.3 is 7.60 Å². The first-order chi connectivity index (χ1) is 21.0. The molecule has 16 heteroatoms. The summed E-state index contributed by atoms with van der Waals surface area (Å²) in [5.74, 6) is 0. The molecule has 0 aliphatic heterocycles. The first-order valence-corrected chi connectivity index (χ1v) is 17.3. The fourth-order valence-electron chi connectivity index (χ4n) is 4.84. The third-order valence-electron chi connectivity index (χ3n) is 7.02. The van der Waals surface area contributed by atoms with Crippen LogP contribution in [0.15, 0.2) is 59.0 Å². The smallest absolute Gasteiger partial charge is 0.327 e. The average molecular weight is 641 g/mol. The highest BCUT2D eigenvalue weighted by Crippen LogP contribution is 2.46. The number of rotatable bonds is 14. The summed E-state index contributed by atoms with van der Waals surface area (Å²) in [5.41, 5.74) is 5.76. The quantitative estimate of drug-likeness (QED) is 0.157. The van der Waals surface area contributed by atoms with Crippen LogP contribution in [0.3, 0.4) is 0 Å². The highest BCUT2D eigenvalue weighted by Gasteiger charge is 2.26. The van der Waals surface area contributed by atoms with Crippen LogP contribution in [0.4, 0.5) is 0 Å². The van der Waals surface area contributed by atoms with Gasteiger partial charge in [-0.1, -0.05) is 0 Å². The molecule has 224 valence electrons. The lowest BCUT2D eigenvalue weighted by Gasteiger charge is -2.23. The molecule has 0 saturated heterocycles. The molecule has 0 radical (unpaired) electrons. The van der Waals surface area contributed by atoms with E-state index in [-0.39, 0.29) is 26.4 Å². The third kappa shape index (κ3) is 6.29. The van der Waals surface area contributed by atoms with Gasteiger partial charge < -0.3 is 28.4 Å². The van der Waals surface area contributed by atoms with Crippen molar-refractivity contribution in [2.75, 3.05) is 33.1 Å². The Kier molecular flexibility index (Phi) is 9.00. The SMILES string of the molecule is CP(=O)(OCC(CCO)n1cnc2c(-c3ccsc3)ncnc21)OCC(CCO)n1cnc2c(-c3ccsc3)ncnc21. The second-order valence-corrected chi connectivity index (χ2v) is 13.4. The minimum Gasteiger partial charge on any atom is -0.396 e. The van der Waals surface area contributed by atoms with E-state index < -0.39 is 19.7 Å². The summed E-state index contributed by atoms with van der Waals surface area (Å²) in [4.78, 5) is 26.8. The topological polar surface area (TPSA) is 163 Å². The zero-order chi connectivity index (χ0) is 29.8. The molecule has 0 aliphatic carbocycles. The molecule has 6 aromatic heterocycles. The van der Waals surface area contributed by atoms with Gasteiger partial charge in [-0.3, -0.25) is 4.57 Å². The van der Waals surface area contributed by atoms with Crippen molar-refractivity contribution in [3.8, 4) is 22.5 Å². The van der Waals surface area contributed by atoms with E-state index in [2.05, 4.69) is 29.9 Å². The van der Waals surface area contributed by atoms with Gasteiger partial charge in [0.2, 0.25) is 0 Å². The zero-order valence-corrected chi connectivity index (χ0v) is 25.7. The van der Waals surface area contributed by atoms with Gasteiger partial charge in [0, 0.05) is 41.8 Å². The van der Waals surface area contributed by atoms with E-state index in [0.717, 1.165) is 11.1 Å². The summed E-state index contributed by atoms with van der Waals surface area (Å²) in [5, 5.41) is 27.5. The fourth-order valence-corrected chi connectivity index (χ4v) is 7.08. The summed E-state index contributed by atoms with van der Waals surface area (Å²) >= 11 is 3.13. The molecule has 6 rings (SSSR count). The van der Waals surface area contributed by atoms with Crippen molar-refractivity contribution in [1.82, 2.24) is 39.0 Å². The first-order valence-electron chi connectivity index (χ1n) is 13.5. The maximum absolute atomic E-state index is 13.4. The van der Waals surface area contributed by atoms with Gasteiger partial charge in [-0.05, 0) is 35.7 Å². The zero-order valence-electron chi connectivity index (χ0n) is 23.1. The van der Waals surface area contributed by atoms with Gasteiger partial charge in [-0.15, -0.1) is 0 Å². The van der Waals surface area contributed by atoms with Crippen molar-refractivity contribution in [3.05, 3.63) is 59.0 Å².